The number of benzene rings is 3. The van der Waals surface area contributed by atoms with E-state index in [2.05, 4.69) is 16.0 Å². The molecule has 3 aromatic rings. The third kappa shape index (κ3) is 19.2. The van der Waals surface area contributed by atoms with Crippen LogP contribution in [0.5, 0.6) is 0 Å². The van der Waals surface area contributed by atoms with Crippen molar-refractivity contribution in [1.82, 2.24) is 16.0 Å². The van der Waals surface area contributed by atoms with E-state index in [0.717, 1.165) is 11.1 Å². The number of carbonyl (C=O) groups excluding carboxylic acids is 6. The highest BCUT2D eigenvalue weighted by Crippen LogP contribution is 2.12. The van der Waals surface area contributed by atoms with Gasteiger partial charge in [-0.1, -0.05) is 91.0 Å². The van der Waals surface area contributed by atoms with E-state index in [1.165, 1.54) is 0 Å². The molecule has 3 amide bonds. The lowest BCUT2D eigenvalue weighted by Gasteiger charge is -2.24. The predicted molar refractivity (Wildman–Crippen MR) is 208 cm³/mol. The van der Waals surface area contributed by atoms with E-state index in [9.17, 15) is 33.9 Å². The van der Waals surface area contributed by atoms with Crippen LogP contribution in [-0.4, -0.2) is 77.3 Å². The molecule has 0 aliphatic rings. The first kappa shape index (κ1) is 45.7. The molecule has 0 heterocycles. The Morgan fingerprint density at radius 3 is 1.54 bits per heavy atom. The second kappa shape index (κ2) is 24.1. The van der Waals surface area contributed by atoms with Gasteiger partial charge in [-0.3, -0.25) is 24.0 Å². The first-order valence-corrected chi connectivity index (χ1v) is 18.8. The highest BCUT2D eigenvalue weighted by Gasteiger charge is 2.30. The number of hydrogen-bond donors (Lipinski definition) is 5. The molecule has 0 saturated carbocycles. The van der Waals surface area contributed by atoms with Gasteiger partial charge in [-0.25, -0.2) is 4.79 Å². The van der Waals surface area contributed by atoms with Gasteiger partial charge in [0.2, 0.25) is 17.7 Å². The van der Waals surface area contributed by atoms with Crippen molar-refractivity contribution >= 4 is 35.6 Å². The summed E-state index contributed by atoms with van der Waals surface area (Å²) in [7, 11) is 0. The maximum atomic E-state index is 13.8. The Morgan fingerprint density at radius 1 is 0.614 bits per heavy atom. The van der Waals surface area contributed by atoms with E-state index in [-0.39, 0.29) is 64.9 Å². The van der Waals surface area contributed by atoms with E-state index in [0.29, 0.717) is 5.56 Å². The molecule has 0 aliphatic carbocycles. The van der Waals surface area contributed by atoms with Gasteiger partial charge < -0.3 is 45.7 Å². The summed E-state index contributed by atoms with van der Waals surface area (Å²) in [6.45, 7) is 4.91. The Kier molecular flexibility index (Phi) is 19.3. The second-order valence-corrected chi connectivity index (χ2v) is 14.2. The number of hydrogen-bond acceptors (Lipinski definition) is 12. The molecule has 0 spiro atoms. The van der Waals surface area contributed by atoms with Gasteiger partial charge in [0.1, 0.15) is 31.9 Å². The first-order valence-electron chi connectivity index (χ1n) is 18.8. The maximum absolute atomic E-state index is 13.8. The molecule has 57 heavy (non-hydrogen) atoms. The van der Waals surface area contributed by atoms with E-state index < -0.39 is 65.6 Å². The lowest BCUT2D eigenvalue weighted by atomic mass is 10.1. The van der Waals surface area contributed by atoms with Gasteiger partial charge in [-0.15, -0.1) is 0 Å². The summed E-state index contributed by atoms with van der Waals surface area (Å²) in [4.78, 5) is 78.2. The quantitative estimate of drug-likeness (QED) is 0.0532. The van der Waals surface area contributed by atoms with E-state index in [1.54, 1.807) is 99.6 Å². The standard InChI is InChI=1S/C42H54N4O11/c1-42(2,3)57-38(50)25-44-39(51)32(43)19-22-35(47)45-33(20-23-36(48)54-26-29-13-7-4-8-14-29)40(52)46-34(41(53)56-28-31-17-11-6-12-18-31)21-24-37(49)55-27-30-15-9-5-10-16-30/h4-18,32-34,38,50H,19-28,43H2,1-3H3,(H,44,51)(H,45,47)(H,46,52). The number of ether oxygens (including phenoxy) is 4. The van der Waals surface area contributed by atoms with Crippen LogP contribution in [0.1, 0.15) is 76.0 Å². The highest BCUT2D eigenvalue weighted by molar-refractivity contribution is 5.91. The molecule has 3 aromatic carbocycles. The highest BCUT2D eigenvalue weighted by atomic mass is 16.6. The van der Waals surface area contributed by atoms with Crippen LogP contribution in [-0.2, 0) is 67.5 Å². The van der Waals surface area contributed by atoms with Crippen molar-refractivity contribution in [2.24, 2.45) is 5.73 Å². The number of aliphatic hydroxyl groups excluding tert-OH is 1. The van der Waals surface area contributed by atoms with Crippen LogP contribution in [0.15, 0.2) is 91.0 Å². The Morgan fingerprint density at radius 2 is 1.07 bits per heavy atom. The Hall–Kier alpha value is -5.64. The number of rotatable bonds is 23. The molecule has 0 saturated heterocycles. The van der Waals surface area contributed by atoms with Gasteiger partial charge in [0.05, 0.1) is 18.2 Å². The minimum atomic E-state index is -1.34. The zero-order valence-corrected chi connectivity index (χ0v) is 32.6. The molecule has 15 heteroatoms. The molecule has 0 aliphatic heterocycles. The van der Waals surface area contributed by atoms with Gasteiger partial charge in [0.25, 0.3) is 0 Å². The van der Waals surface area contributed by atoms with Crippen molar-refractivity contribution in [3.8, 4) is 0 Å². The van der Waals surface area contributed by atoms with Gasteiger partial charge in [0, 0.05) is 19.3 Å². The van der Waals surface area contributed by atoms with Crippen LogP contribution in [0.25, 0.3) is 0 Å². The lowest BCUT2D eigenvalue weighted by molar-refractivity contribution is -0.164. The van der Waals surface area contributed by atoms with Crippen molar-refractivity contribution < 1.29 is 52.8 Å². The summed E-state index contributed by atoms with van der Waals surface area (Å²) in [5.74, 6) is -4.20. The summed E-state index contributed by atoms with van der Waals surface area (Å²) in [5.41, 5.74) is 7.55. The number of nitrogens with two attached hydrogens (primary N) is 1. The van der Waals surface area contributed by atoms with Crippen molar-refractivity contribution in [2.45, 2.75) is 109 Å². The van der Waals surface area contributed by atoms with Crippen molar-refractivity contribution in [2.75, 3.05) is 6.54 Å². The fourth-order valence-electron chi connectivity index (χ4n) is 5.22. The number of amides is 3. The average Bonchev–Trinajstić information content (AvgIpc) is 3.19. The van der Waals surface area contributed by atoms with Crippen LogP contribution in [0.4, 0.5) is 0 Å². The average molecular weight is 791 g/mol. The van der Waals surface area contributed by atoms with Crippen LogP contribution in [0, 0.1) is 0 Å². The molecule has 3 rings (SSSR count). The number of esters is 3. The molecular formula is C42H54N4O11. The lowest BCUT2D eigenvalue weighted by Crippen LogP contribution is -2.52. The summed E-state index contributed by atoms with van der Waals surface area (Å²) < 4.78 is 21.5. The van der Waals surface area contributed by atoms with E-state index >= 15 is 0 Å². The van der Waals surface area contributed by atoms with Crippen LogP contribution >= 0.6 is 0 Å². The summed E-state index contributed by atoms with van der Waals surface area (Å²) >= 11 is 0. The number of carbonyl (C=O) groups is 6. The Bertz CT molecular complexity index is 1720. The van der Waals surface area contributed by atoms with Gasteiger partial charge in [-0.2, -0.15) is 0 Å². The van der Waals surface area contributed by atoms with Crippen LogP contribution < -0.4 is 21.7 Å². The third-order valence-electron chi connectivity index (χ3n) is 8.20. The molecule has 0 radical (unpaired) electrons. The van der Waals surface area contributed by atoms with Crippen LogP contribution in [0.2, 0.25) is 0 Å². The monoisotopic (exact) mass is 790 g/mol. The molecule has 308 valence electrons. The zero-order chi connectivity index (χ0) is 41.6. The Balaban J connectivity index is 1.67. The van der Waals surface area contributed by atoms with Crippen LogP contribution in [0.3, 0.4) is 0 Å². The molecule has 4 atom stereocenters. The van der Waals surface area contributed by atoms with Crippen molar-refractivity contribution in [1.29, 1.82) is 0 Å². The fraction of sp³-hybridized carbons (Fsp3) is 0.429. The second-order valence-electron chi connectivity index (χ2n) is 14.2. The number of nitrogens with one attached hydrogen (secondary N) is 3. The predicted octanol–water partition coefficient (Wildman–Crippen LogP) is 3.10. The molecule has 0 aromatic heterocycles. The molecule has 15 nitrogen and oxygen atoms in total. The Labute approximate surface area is 333 Å². The van der Waals surface area contributed by atoms with Gasteiger partial charge in [-0.05, 0) is 56.7 Å². The fourth-order valence-corrected chi connectivity index (χ4v) is 5.22. The first-order chi connectivity index (χ1) is 27.2. The number of aliphatic hydroxyl groups is 1. The minimum Gasteiger partial charge on any atom is -0.461 e. The smallest absolute Gasteiger partial charge is 0.328 e. The van der Waals surface area contributed by atoms with E-state index in [4.69, 9.17) is 24.7 Å². The molecule has 0 fully saturated rings. The normalized spacial score (nSPS) is 13.2. The molecule has 4 unspecified atom stereocenters. The summed E-state index contributed by atoms with van der Waals surface area (Å²) in [5, 5.41) is 17.6. The molecule has 6 N–H and O–H groups in total. The van der Waals surface area contributed by atoms with Crippen molar-refractivity contribution in [3.05, 3.63) is 108 Å². The SMILES string of the molecule is CC(C)(C)OC(O)CNC(=O)C(N)CCC(=O)NC(CCC(=O)OCc1ccccc1)C(=O)NC(CCC(=O)OCc1ccccc1)C(=O)OCc1ccccc1. The largest absolute Gasteiger partial charge is 0.461 e. The topological polar surface area (TPSA) is 222 Å². The molecular weight excluding hydrogens is 736 g/mol. The maximum Gasteiger partial charge on any atom is 0.328 e. The van der Waals surface area contributed by atoms with Gasteiger partial charge >= 0.3 is 17.9 Å². The van der Waals surface area contributed by atoms with Crippen molar-refractivity contribution in [3.63, 3.8) is 0 Å². The third-order valence-corrected chi connectivity index (χ3v) is 8.20. The summed E-state index contributed by atoms with van der Waals surface area (Å²) in [6.07, 6.45) is -2.61. The molecule has 0 bridgehead atoms. The van der Waals surface area contributed by atoms with E-state index in [1.807, 2.05) is 12.1 Å². The zero-order valence-electron chi connectivity index (χ0n) is 32.6. The van der Waals surface area contributed by atoms with Gasteiger partial charge in [0.15, 0.2) is 6.29 Å². The minimum absolute atomic E-state index is 0.00208. The summed E-state index contributed by atoms with van der Waals surface area (Å²) in [6, 6.07) is 23.1.